The molecule has 0 aliphatic heterocycles. The number of hydrogen-bond acceptors (Lipinski definition) is 3. The van der Waals surface area contributed by atoms with Crippen LogP contribution in [-0.4, -0.2) is 23.0 Å². The van der Waals surface area contributed by atoms with Gasteiger partial charge in [0.2, 0.25) is 0 Å². The van der Waals surface area contributed by atoms with Crippen LogP contribution in [0.25, 0.3) is 0 Å². The molecule has 0 unspecified atom stereocenters. The maximum absolute atomic E-state index is 11.3. The summed E-state index contributed by atoms with van der Waals surface area (Å²) in [5.41, 5.74) is 4.63. The summed E-state index contributed by atoms with van der Waals surface area (Å²) >= 11 is 0. The van der Waals surface area contributed by atoms with Crippen molar-refractivity contribution in [1.82, 2.24) is 10.9 Å². The number of nitrogens with one attached hydrogen (secondary N) is 3. The quantitative estimate of drug-likeness (QED) is 0.461. The molecule has 1 rings (SSSR count). The van der Waals surface area contributed by atoms with E-state index >= 15 is 0 Å². The Balaban J connectivity index is 2.34. The summed E-state index contributed by atoms with van der Waals surface area (Å²) in [4.78, 5) is 32.4. The molecule has 0 radical (unpaired) electrons. The average Bonchev–Trinajstić information content (AvgIpc) is 2.35. The predicted octanol–water partition coefficient (Wildman–Crippen LogP) is 0.480. The number of carbonyl (C=O) groups is 3. The van der Waals surface area contributed by atoms with Gasteiger partial charge >= 0.3 is 12.0 Å². The van der Waals surface area contributed by atoms with Gasteiger partial charge in [0.05, 0.1) is 0 Å². The predicted molar refractivity (Wildman–Crippen MR) is 63.5 cm³/mol. The summed E-state index contributed by atoms with van der Waals surface area (Å²) in [7, 11) is 0. The third-order valence-electron chi connectivity index (χ3n) is 1.71. The minimum Gasteiger partial charge on any atom is -0.478 e. The lowest BCUT2D eigenvalue weighted by atomic mass is 10.3. The minimum absolute atomic E-state index is 0.560. The van der Waals surface area contributed by atoms with Gasteiger partial charge in [-0.25, -0.2) is 15.0 Å². The number of rotatable bonds is 3. The maximum atomic E-state index is 11.3. The van der Waals surface area contributed by atoms with Crippen molar-refractivity contribution in [3.05, 3.63) is 42.5 Å². The molecule has 0 bridgehead atoms. The highest BCUT2D eigenvalue weighted by atomic mass is 16.4. The lowest BCUT2D eigenvalue weighted by molar-refractivity contribution is -0.131. The van der Waals surface area contributed by atoms with Crippen LogP contribution in [0, 0.1) is 0 Å². The first-order valence-corrected chi connectivity index (χ1v) is 4.91. The van der Waals surface area contributed by atoms with Crippen molar-refractivity contribution in [2.45, 2.75) is 0 Å². The van der Waals surface area contributed by atoms with Crippen LogP contribution >= 0.6 is 0 Å². The molecule has 0 fully saturated rings. The van der Waals surface area contributed by atoms with E-state index in [9.17, 15) is 14.4 Å². The monoisotopic (exact) mass is 249 g/mol. The topological polar surface area (TPSA) is 108 Å². The van der Waals surface area contributed by atoms with E-state index < -0.39 is 17.9 Å². The number of benzene rings is 1. The van der Waals surface area contributed by atoms with Gasteiger partial charge in [0.25, 0.3) is 5.91 Å². The number of carboxylic acid groups (broad SMARTS) is 1. The summed E-state index contributed by atoms with van der Waals surface area (Å²) in [5, 5.41) is 10.7. The molecule has 1 aromatic carbocycles. The molecule has 0 atom stereocenters. The van der Waals surface area contributed by atoms with Crippen molar-refractivity contribution >= 4 is 23.6 Å². The van der Waals surface area contributed by atoms with Crippen molar-refractivity contribution in [2.24, 2.45) is 0 Å². The van der Waals surface area contributed by atoms with Crippen LogP contribution in [0.2, 0.25) is 0 Å². The van der Waals surface area contributed by atoms with E-state index in [1.165, 1.54) is 0 Å². The van der Waals surface area contributed by atoms with Gasteiger partial charge in [0.1, 0.15) is 0 Å². The molecule has 0 aromatic heterocycles. The molecule has 0 saturated heterocycles. The first-order valence-electron chi connectivity index (χ1n) is 4.91. The number of hydrazine groups is 1. The Morgan fingerprint density at radius 3 is 2.28 bits per heavy atom. The Hall–Kier alpha value is -2.83. The first kappa shape index (κ1) is 13.2. The molecule has 0 saturated carbocycles. The fraction of sp³-hybridized carbons (Fsp3) is 0. The Bertz CT molecular complexity index is 470. The molecular weight excluding hydrogens is 238 g/mol. The van der Waals surface area contributed by atoms with Gasteiger partial charge < -0.3 is 10.4 Å². The van der Waals surface area contributed by atoms with E-state index in [0.717, 1.165) is 6.08 Å². The summed E-state index contributed by atoms with van der Waals surface area (Å²) in [5.74, 6) is -2.00. The third-order valence-corrected chi connectivity index (χ3v) is 1.71. The van der Waals surface area contributed by atoms with Crippen molar-refractivity contribution in [3.8, 4) is 0 Å². The molecule has 3 amide bonds. The van der Waals surface area contributed by atoms with Crippen LogP contribution in [0.5, 0.6) is 0 Å². The van der Waals surface area contributed by atoms with Crippen LogP contribution in [0.15, 0.2) is 42.5 Å². The van der Waals surface area contributed by atoms with Gasteiger partial charge in [-0.15, -0.1) is 0 Å². The molecule has 0 aliphatic rings. The van der Waals surface area contributed by atoms with Crippen LogP contribution in [0.1, 0.15) is 0 Å². The Morgan fingerprint density at radius 1 is 1.00 bits per heavy atom. The zero-order valence-electron chi connectivity index (χ0n) is 9.21. The molecule has 7 heteroatoms. The van der Waals surface area contributed by atoms with Crippen molar-refractivity contribution in [3.63, 3.8) is 0 Å². The molecule has 94 valence electrons. The SMILES string of the molecule is O=C(O)/C=C/C(=O)NNC(=O)Nc1ccccc1. The van der Waals surface area contributed by atoms with E-state index in [1.807, 2.05) is 5.43 Å². The number of carboxylic acids is 1. The zero-order chi connectivity index (χ0) is 13.4. The Labute approximate surface area is 102 Å². The van der Waals surface area contributed by atoms with Crippen molar-refractivity contribution in [2.75, 3.05) is 5.32 Å². The molecular formula is C11H11N3O4. The van der Waals surface area contributed by atoms with Crippen LogP contribution in [0.4, 0.5) is 10.5 Å². The number of anilines is 1. The molecule has 0 heterocycles. The number of hydrogen-bond donors (Lipinski definition) is 4. The number of para-hydroxylation sites is 1. The molecule has 18 heavy (non-hydrogen) atoms. The van der Waals surface area contributed by atoms with Crippen LogP contribution in [-0.2, 0) is 9.59 Å². The highest BCUT2D eigenvalue weighted by molar-refractivity contribution is 5.96. The van der Waals surface area contributed by atoms with Gasteiger partial charge in [0, 0.05) is 17.8 Å². The number of amides is 3. The van der Waals surface area contributed by atoms with Gasteiger partial charge in [0.15, 0.2) is 0 Å². The summed E-state index contributed by atoms with van der Waals surface area (Å²) < 4.78 is 0. The van der Waals surface area contributed by atoms with Gasteiger partial charge in [-0.05, 0) is 12.1 Å². The summed E-state index contributed by atoms with van der Waals surface area (Å²) in [6, 6.07) is 7.98. The first-order chi connectivity index (χ1) is 8.58. The van der Waals surface area contributed by atoms with Crippen molar-refractivity contribution in [1.29, 1.82) is 0 Å². The number of urea groups is 1. The summed E-state index contributed by atoms with van der Waals surface area (Å²) in [6.45, 7) is 0. The second kappa shape index (κ2) is 6.69. The van der Waals surface area contributed by atoms with Crippen LogP contribution in [0.3, 0.4) is 0 Å². The van der Waals surface area contributed by atoms with Gasteiger partial charge in [-0.1, -0.05) is 18.2 Å². The van der Waals surface area contributed by atoms with Gasteiger partial charge in [-0.3, -0.25) is 10.2 Å². The van der Waals surface area contributed by atoms with E-state index in [-0.39, 0.29) is 0 Å². The third kappa shape index (κ3) is 5.31. The highest BCUT2D eigenvalue weighted by Crippen LogP contribution is 2.03. The second-order valence-electron chi connectivity index (χ2n) is 3.11. The molecule has 7 nitrogen and oxygen atoms in total. The smallest absolute Gasteiger partial charge is 0.337 e. The van der Waals surface area contributed by atoms with Gasteiger partial charge in [-0.2, -0.15) is 0 Å². The molecule has 0 spiro atoms. The fourth-order valence-electron chi connectivity index (χ4n) is 0.991. The average molecular weight is 249 g/mol. The van der Waals surface area contributed by atoms with E-state index in [1.54, 1.807) is 30.3 Å². The van der Waals surface area contributed by atoms with Crippen LogP contribution < -0.4 is 16.2 Å². The highest BCUT2D eigenvalue weighted by Gasteiger charge is 2.02. The minimum atomic E-state index is -1.25. The number of carbonyl (C=O) groups excluding carboxylic acids is 2. The molecule has 0 aliphatic carbocycles. The standard InChI is InChI=1S/C11H11N3O4/c15-9(6-7-10(16)17)13-14-11(18)12-8-4-2-1-3-5-8/h1-7H,(H,13,15)(H,16,17)(H2,12,14,18)/b7-6+. The Morgan fingerprint density at radius 2 is 1.67 bits per heavy atom. The van der Waals surface area contributed by atoms with E-state index in [4.69, 9.17) is 5.11 Å². The Kier molecular flexibility index (Phi) is 4.92. The largest absolute Gasteiger partial charge is 0.478 e. The van der Waals surface area contributed by atoms with Crippen molar-refractivity contribution < 1.29 is 19.5 Å². The second-order valence-corrected chi connectivity index (χ2v) is 3.11. The lowest BCUT2D eigenvalue weighted by Gasteiger charge is -2.07. The summed E-state index contributed by atoms with van der Waals surface area (Å²) in [6.07, 6.45) is 1.44. The normalized spacial score (nSPS) is 9.78. The fourth-order valence-corrected chi connectivity index (χ4v) is 0.991. The zero-order valence-corrected chi connectivity index (χ0v) is 9.21. The molecule has 1 aromatic rings. The molecule has 4 N–H and O–H groups in total. The number of aliphatic carboxylic acids is 1. The van der Waals surface area contributed by atoms with E-state index in [0.29, 0.717) is 11.8 Å². The van der Waals surface area contributed by atoms with E-state index in [2.05, 4.69) is 10.7 Å². The maximum Gasteiger partial charge on any atom is 0.337 e. The lowest BCUT2D eigenvalue weighted by Crippen LogP contribution is -2.43.